The average molecular weight is 327 g/mol. The van der Waals surface area contributed by atoms with Gasteiger partial charge in [0.2, 0.25) is 5.91 Å². The van der Waals surface area contributed by atoms with E-state index in [1.165, 1.54) is 5.56 Å². The van der Waals surface area contributed by atoms with Crippen molar-refractivity contribution in [3.05, 3.63) is 53.9 Å². The van der Waals surface area contributed by atoms with Crippen molar-refractivity contribution in [2.75, 3.05) is 19.7 Å². The summed E-state index contributed by atoms with van der Waals surface area (Å²) in [5.74, 6) is 0.215. The molecule has 0 aliphatic carbocycles. The van der Waals surface area contributed by atoms with E-state index in [1.807, 2.05) is 30.4 Å². The van der Waals surface area contributed by atoms with Crippen molar-refractivity contribution in [3.63, 3.8) is 0 Å². The van der Waals surface area contributed by atoms with Gasteiger partial charge in [0, 0.05) is 32.8 Å². The van der Waals surface area contributed by atoms with Gasteiger partial charge < -0.3 is 9.64 Å². The third kappa shape index (κ3) is 4.68. The van der Waals surface area contributed by atoms with Crippen molar-refractivity contribution in [1.29, 1.82) is 0 Å². The van der Waals surface area contributed by atoms with E-state index in [-0.39, 0.29) is 12.0 Å². The van der Waals surface area contributed by atoms with Gasteiger partial charge in [-0.2, -0.15) is 5.10 Å². The number of hydrogen-bond acceptors (Lipinski definition) is 3. The molecule has 1 aliphatic heterocycles. The summed E-state index contributed by atoms with van der Waals surface area (Å²) in [6, 6.07) is 10.4. The molecular weight excluding hydrogens is 302 g/mol. The first kappa shape index (κ1) is 16.7. The van der Waals surface area contributed by atoms with Gasteiger partial charge in [-0.25, -0.2) is 0 Å². The first-order valence-electron chi connectivity index (χ1n) is 8.61. The zero-order chi connectivity index (χ0) is 16.8. The molecule has 5 nitrogen and oxygen atoms in total. The minimum Gasteiger partial charge on any atom is -0.375 e. The number of rotatable bonds is 6. The van der Waals surface area contributed by atoms with E-state index in [0.29, 0.717) is 26.1 Å². The van der Waals surface area contributed by atoms with E-state index in [9.17, 15) is 4.79 Å². The van der Waals surface area contributed by atoms with Crippen molar-refractivity contribution in [3.8, 4) is 0 Å². The van der Waals surface area contributed by atoms with Crippen LogP contribution < -0.4 is 0 Å². The molecule has 1 aliphatic rings. The summed E-state index contributed by atoms with van der Waals surface area (Å²) in [4.78, 5) is 14.4. The Balaban J connectivity index is 1.45. The number of carbonyl (C=O) groups excluding carboxylic acids is 1. The van der Waals surface area contributed by atoms with E-state index in [0.717, 1.165) is 24.8 Å². The lowest BCUT2D eigenvalue weighted by Crippen LogP contribution is -2.45. The van der Waals surface area contributed by atoms with E-state index in [2.05, 4.69) is 29.4 Å². The van der Waals surface area contributed by atoms with Gasteiger partial charge in [0.25, 0.3) is 0 Å². The van der Waals surface area contributed by atoms with Gasteiger partial charge in [-0.1, -0.05) is 30.3 Å². The van der Waals surface area contributed by atoms with Gasteiger partial charge in [0.15, 0.2) is 0 Å². The third-order valence-electron chi connectivity index (χ3n) is 4.48. The van der Waals surface area contributed by atoms with Gasteiger partial charge in [-0.05, 0) is 30.4 Å². The van der Waals surface area contributed by atoms with Crippen LogP contribution in [0.1, 0.15) is 24.0 Å². The van der Waals surface area contributed by atoms with E-state index in [4.69, 9.17) is 4.74 Å². The minimum atomic E-state index is 0.140. The summed E-state index contributed by atoms with van der Waals surface area (Å²) < 4.78 is 7.61. The van der Waals surface area contributed by atoms with Gasteiger partial charge in [0.1, 0.15) is 0 Å². The molecule has 24 heavy (non-hydrogen) atoms. The number of nitrogens with zero attached hydrogens (tertiary/aromatic N) is 3. The van der Waals surface area contributed by atoms with Gasteiger partial charge in [-0.3, -0.25) is 9.48 Å². The lowest BCUT2D eigenvalue weighted by Gasteiger charge is -2.33. The largest absolute Gasteiger partial charge is 0.375 e. The van der Waals surface area contributed by atoms with Crippen molar-refractivity contribution < 1.29 is 9.53 Å². The number of morpholine rings is 1. The SMILES string of the molecule is Cn1cc(CCC(=O)N2CCO[C@@H](CCc3ccccc3)C2)cn1. The summed E-state index contributed by atoms with van der Waals surface area (Å²) >= 11 is 0. The van der Waals surface area contributed by atoms with Crippen molar-refractivity contribution in [2.24, 2.45) is 7.05 Å². The Bertz CT molecular complexity index is 654. The Kier molecular flexibility index (Phi) is 5.64. The molecule has 0 unspecified atom stereocenters. The molecule has 0 N–H and O–H groups in total. The second kappa shape index (κ2) is 8.11. The highest BCUT2D eigenvalue weighted by Gasteiger charge is 2.23. The van der Waals surface area contributed by atoms with Crippen molar-refractivity contribution >= 4 is 5.91 Å². The monoisotopic (exact) mass is 327 g/mol. The molecule has 1 aromatic carbocycles. The zero-order valence-corrected chi connectivity index (χ0v) is 14.2. The molecule has 0 bridgehead atoms. The van der Waals surface area contributed by atoms with Crippen LogP contribution in [0.5, 0.6) is 0 Å². The number of hydrogen-bond donors (Lipinski definition) is 0. The number of aryl methyl sites for hydroxylation is 3. The summed E-state index contributed by atoms with van der Waals surface area (Å²) in [5, 5.41) is 4.14. The topological polar surface area (TPSA) is 47.4 Å². The zero-order valence-electron chi connectivity index (χ0n) is 14.2. The lowest BCUT2D eigenvalue weighted by atomic mass is 10.1. The second-order valence-corrected chi connectivity index (χ2v) is 6.38. The molecule has 3 rings (SSSR count). The van der Waals surface area contributed by atoms with Crippen LogP contribution in [0.3, 0.4) is 0 Å². The van der Waals surface area contributed by atoms with Crippen LogP contribution in [0, 0.1) is 0 Å². The molecule has 128 valence electrons. The molecule has 0 radical (unpaired) electrons. The van der Waals surface area contributed by atoms with Crippen molar-refractivity contribution in [1.82, 2.24) is 14.7 Å². The standard InChI is InChI=1S/C19H25N3O2/c1-21-14-17(13-20-21)8-10-19(23)22-11-12-24-18(15-22)9-7-16-5-3-2-4-6-16/h2-6,13-14,18H,7-12,15H2,1H3/t18-/m0/s1. The maximum absolute atomic E-state index is 12.4. The summed E-state index contributed by atoms with van der Waals surface area (Å²) in [5.41, 5.74) is 2.43. The Morgan fingerprint density at radius 1 is 1.25 bits per heavy atom. The quantitative estimate of drug-likeness (QED) is 0.817. The van der Waals surface area contributed by atoms with Crippen LogP contribution in [-0.2, 0) is 29.4 Å². The van der Waals surface area contributed by atoms with Crippen LogP contribution in [0.25, 0.3) is 0 Å². The third-order valence-corrected chi connectivity index (χ3v) is 4.48. The maximum Gasteiger partial charge on any atom is 0.223 e. The maximum atomic E-state index is 12.4. The Hall–Kier alpha value is -2.14. The molecular formula is C19H25N3O2. The number of carbonyl (C=O) groups is 1. The predicted molar refractivity (Wildman–Crippen MR) is 92.6 cm³/mol. The van der Waals surface area contributed by atoms with Crippen molar-refractivity contribution in [2.45, 2.75) is 31.8 Å². The molecule has 0 spiro atoms. The highest BCUT2D eigenvalue weighted by molar-refractivity contribution is 5.76. The highest BCUT2D eigenvalue weighted by Crippen LogP contribution is 2.14. The number of aromatic nitrogens is 2. The molecule has 1 fully saturated rings. The Labute approximate surface area is 143 Å². The van der Waals surface area contributed by atoms with Gasteiger partial charge in [0.05, 0.1) is 18.9 Å². The first-order chi connectivity index (χ1) is 11.7. The van der Waals surface area contributed by atoms with Gasteiger partial charge >= 0.3 is 0 Å². The van der Waals surface area contributed by atoms with E-state index >= 15 is 0 Å². The predicted octanol–water partition coefficient (Wildman–Crippen LogP) is 2.21. The summed E-state index contributed by atoms with van der Waals surface area (Å²) in [6.07, 6.45) is 7.17. The normalized spacial score (nSPS) is 17.9. The minimum absolute atomic E-state index is 0.140. The number of benzene rings is 1. The van der Waals surface area contributed by atoms with E-state index in [1.54, 1.807) is 4.68 Å². The van der Waals surface area contributed by atoms with Crippen LogP contribution in [0.15, 0.2) is 42.7 Å². The summed E-state index contributed by atoms with van der Waals surface area (Å²) in [7, 11) is 1.89. The number of ether oxygens (including phenoxy) is 1. The molecule has 5 heteroatoms. The lowest BCUT2D eigenvalue weighted by molar-refractivity contribution is -0.138. The Morgan fingerprint density at radius 3 is 2.83 bits per heavy atom. The number of amides is 1. The molecule has 2 aromatic rings. The molecule has 1 aromatic heterocycles. The van der Waals surface area contributed by atoms with Crippen LogP contribution in [-0.4, -0.2) is 46.4 Å². The van der Waals surface area contributed by atoms with E-state index < -0.39 is 0 Å². The highest BCUT2D eigenvalue weighted by atomic mass is 16.5. The summed E-state index contributed by atoms with van der Waals surface area (Å²) in [6.45, 7) is 2.05. The molecule has 0 saturated carbocycles. The fourth-order valence-electron chi connectivity index (χ4n) is 3.10. The molecule has 1 atom stereocenters. The average Bonchev–Trinajstić information content (AvgIpc) is 3.04. The second-order valence-electron chi connectivity index (χ2n) is 6.38. The molecule has 1 amide bonds. The Morgan fingerprint density at radius 2 is 2.08 bits per heavy atom. The first-order valence-corrected chi connectivity index (χ1v) is 8.61. The fourth-order valence-corrected chi connectivity index (χ4v) is 3.10. The molecule has 1 saturated heterocycles. The van der Waals surface area contributed by atoms with Crippen LogP contribution >= 0.6 is 0 Å². The van der Waals surface area contributed by atoms with Gasteiger partial charge in [-0.15, -0.1) is 0 Å². The molecule has 2 heterocycles. The van der Waals surface area contributed by atoms with Crippen LogP contribution in [0.2, 0.25) is 0 Å². The fraction of sp³-hybridized carbons (Fsp3) is 0.474. The van der Waals surface area contributed by atoms with Crippen LogP contribution in [0.4, 0.5) is 0 Å². The smallest absolute Gasteiger partial charge is 0.223 e.